The zero-order valence-corrected chi connectivity index (χ0v) is 12.1. The first-order valence-corrected chi connectivity index (χ1v) is 8.22. The largest absolute Gasteiger partial charge is 0.398 e. The zero-order valence-electron chi connectivity index (χ0n) is 11.2. The van der Waals surface area contributed by atoms with E-state index in [9.17, 15) is 8.42 Å². The number of anilines is 1. The molecule has 2 N–H and O–H groups in total. The molecular formula is C13H21N3O2S. The van der Waals surface area contributed by atoms with Crippen molar-refractivity contribution in [3.8, 4) is 0 Å². The van der Waals surface area contributed by atoms with Gasteiger partial charge in [-0.05, 0) is 25.3 Å². The summed E-state index contributed by atoms with van der Waals surface area (Å²) in [5, 5.41) is 0. The molecule has 2 heterocycles. The molecule has 1 aliphatic rings. The molecule has 1 aliphatic heterocycles. The summed E-state index contributed by atoms with van der Waals surface area (Å²) in [5.74, 6) is 0. The van der Waals surface area contributed by atoms with Crippen molar-refractivity contribution in [1.29, 1.82) is 0 Å². The van der Waals surface area contributed by atoms with Gasteiger partial charge in [0.2, 0.25) is 10.0 Å². The third-order valence-corrected chi connectivity index (χ3v) is 5.69. The number of rotatable bonds is 3. The van der Waals surface area contributed by atoms with E-state index in [0.29, 0.717) is 6.54 Å². The van der Waals surface area contributed by atoms with E-state index in [1.165, 1.54) is 18.5 Å². The number of hydrogen-bond acceptors (Lipinski definition) is 4. The summed E-state index contributed by atoms with van der Waals surface area (Å²) in [6.07, 6.45) is 7.71. The molecule has 6 heteroatoms. The minimum Gasteiger partial charge on any atom is -0.398 e. The molecule has 1 saturated heterocycles. The molecule has 1 atom stereocenters. The van der Waals surface area contributed by atoms with Crippen LogP contribution in [-0.2, 0) is 10.0 Å². The van der Waals surface area contributed by atoms with Crippen LogP contribution in [0.2, 0.25) is 0 Å². The molecule has 0 radical (unpaired) electrons. The molecule has 1 fully saturated rings. The van der Waals surface area contributed by atoms with Gasteiger partial charge in [0.05, 0.1) is 5.69 Å². The molecule has 0 spiro atoms. The van der Waals surface area contributed by atoms with Crippen LogP contribution in [0.5, 0.6) is 0 Å². The minimum absolute atomic E-state index is 0.0760. The van der Waals surface area contributed by atoms with Gasteiger partial charge in [-0.2, -0.15) is 4.31 Å². The van der Waals surface area contributed by atoms with Crippen LogP contribution in [0.4, 0.5) is 5.69 Å². The molecule has 1 aromatic rings. The van der Waals surface area contributed by atoms with Crippen molar-refractivity contribution in [3.63, 3.8) is 0 Å². The topological polar surface area (TPSA) is 76.3 Å². The summed E-state index contributed by atoms with van der Waals surface area (Å²) in [5.41, 5.74) is 6.07. The minimum atomic E-state index is -3.53. The second kappa shape index (κ2) is 5.88. The van der Waals surface area contributed by atoms with Crippen LogP contribution in [0.25, 0.3) is 0 Å². The van der Waals surface area contributed by atoms with E-state index in [1.54, 1.807) is 4.31 Å². The third-order valence-electron chi connectivity index (χ3n) is 3.70. The van der Waals surface area contributed by atoms with E-state index in [0.717, 1.165) is 32.1 Å². The van der Waals surface area contributed by atoms with Crippen molar-refractivity contribution in [3.05, 3.63) is 18.5 Å². The number of sulfonamides is 1. The average Bonchev–Trinajstić information content (AvgIpc) is 2.64. The van der Waals surface area contributed by atoms with Crippen molar-refractivity contribution in [1.82, 2.24) is 9.29 Å². The molecule has 1 aromatic heterocycles. The molecule has 0 amide bonds. The van der Waals surface area contributed by atoms with Crippen molar-refractivity contribution < 1.29 is 8.42 Å². The Morgan fingerprint density at radius 1 is 1.42 bits per heavy atom. The lowest BCUT2D eigenvalue weighted by Crippen LogP contribution is -2.39. The maximum atomic E-state index is 12.7. The number of nitrogens with two attached hydrogens (primary N) is 1. The lowest BCUT2D eigenvalue weighted by molar-refractivity contribution is 0.315. The van der Waals surface area contributed by atoms with Crippen LogP contribution in [0.15, 0.2) is 23.4 Å². The van der Waals surface area contributed by atoms with E-state index in [-0.39, 0.29) is 16.6 Å². The maximum absolute atomic E-state index is 12.7. The molecular weight excluding hydrogens is 262 g/mol. The van der Waals surface area contributed by atoms with Gasteiger partial charge in [0, 0.05) is 25.0 Å². The molecule has 0 bridgehead atoms. The first kappa shape index (κ1) is 14.3. The van der Waals surface area contributed by atoms with Crippen LogP contribution in [0.3, 0.4) is 0 Å². The summed E-state index contributed by atoms with van der Waals surface area (Å²) in [7, 11) is -3.53. The van der Waals surface area contributed by atoms with Gasteiger partial charge in [-0.15, -0.1) is 0 Å². The van der Waals surface area contributed by atoms with Gasteiger partial charge < -0.3 is 5.73 Å². The molecule has 0 aromatic carbocycles. The predicted molar refractivity (Wildman–Crippen MR) is 75.1 cm³/mol. The Balaban J connectivity index is 2.39. The molecule has 19 heavy (non-hydrogen) atoms. The second-order valence-electron chi connectivity index (χ2n) is 4.94. The third kappa shape index (κ3) is 2.90. The monoisotopic (exact) mass is 283 g/mol. The predicted octanol–water partition coefficient (Wildman–Crippen LogP) is 2.01. The molecule has 106 valence electrons. The zero-order chi connectivity index (χ0) is 13.9. The van der Waals surface area contributed by atoms with Crippen molar-refractivity contribution in [2.75, 3.05) is 12.3 Å². The van der Waals surface area contributed by atoms with Gasteiger partial charge in [0.25, 0.3) is 0 Å². The Kier molecular flexibility index (Phi) is 4.42. The standard InChI is InChI=1S/C13H21N3O2S/c1-2-11-6-4-3-5-9-16(11)19(17,18)13-10-15-8-7-12(13)14/h7-8,10-11H,2-6,9H2,1H3,(H2,14,15). The van der Waals surface area contributed by atoms with Gasteiger partial charge in [0.15, 0.2) is 0 Å². The maximum Gasteiger partial charge on any atom is 0.246 e. The fraction of sp³-hybridized carbons (Fsp3) is 0.615. The van der Waals surface area contributed by atoms with Crippen LogP contribution in [-0.4, -0.2) is 30.3 Å². The Labute approximate surface area is 114 Å². The van der Waals surface area contributed by atoms with E-state index >= 15 is 0 Å². The van der Waals surface area contributed by atoms with Crippen molar-refractivity contribution in [2.45, 2.75) is 50.0 Å². The fourth-order valence-corrected chi connectivity index (χ4v) is 4.44. The lowest BCUT2D eigenvalue weighted by atomic mass is 10.1. The first-order valence-electron chi connectivity index (χ1n) is 6.78. The number of hydrogen-bond donors (Lipinski definition) is 1. The summed E-state index contributed by atoms with van der Waals surface area (Å²) < 4.78 is 27.1. The number of nitrogen functional groups attached to an aromatic ring is 1. The van der Waals surface area contributed by atoms with Crippen molar-refractivity contribution in [2.24, 2.45) is 0 Å². The van der Waals surface area contributed by atoms with Crippen LogP contribution in [0.1, 0.15) is 39.0 Å². The Morgan fingerprint density at radius 2 is 2.21 bits per heavy atom. The summed E-state index contributed by atoms with van der Waals surface area (Å²) in [6.45, 7) is 2.61. The smallest absolute Gasteiger partial charge is 0.246 e. The number of pyridine rings is 1. The Hall–Kier alpha value is -1.14. The van der Waals surface area contributed by atoms with E-state index in [1.807, 2.05) is 6.92 Å². The van der Waals surface area contributed by atoms with Gasteiger partial charge in [-0.1, -0.05) is 19.8 Å². The summed E-state index contributed by atoms with van der Waals surface area (Å²) in [4.78, 5) is 4.03. The van der Waals surface area contributed by atoms with Gasteiger partial charge >= 0.3 is 0 Å². The summed E-state index contributed by atoms with van der Waals surface area (Å²) in [6, 6.07) is 1.61. The molecule has 2 rings (SSSR count). The second-order valence-corrected chi connectivity index (χ2v) is 6.80. The highest BCUT2D eigenvalue weighted by Crippen LogP contribution is 2.28. The van der Waals surface area contributed by atoms with Gasteiger partial charge in [0.1, 0.15) is 4.90 Å². The highest BCUT2D eigenvalue weighted by Gasteiger charge is 2.32. The van der Waals surface area contributed by atoms with Crippen molar-refractivity contribution >= 4 is 15.7 Å². The lowest BCUT2D eigenvalue weighted by Gasteiger charge is -2.28. The van der Waals surface area contributed by atoms with Gasteiger partial charge in [-0.25, -0.2) is 8.42 Å². The average molecular weight is 283 g/mol. The highest BCUT2D eigenvalue weighted by molar-refractivity contribution is 7.89. The molecule has 1 unspecified atom stereocenters. The number of aromatic nitrogens is 1. The number of nitrogens with zero attached hydrogens (tertiary/aromatic N) is 2. The Morgan fingerprint density at radius 3 is 2.89 bits per heavy atom. The molecule has 5 nitrogen and oxygen atoms in total. The molecule has 0 aliphatic carbocycles. The van der Waals surface area contributed by atoms with Crippen LogP contribution in [0, 0.1) is 0 Å². The SMILES string of the molecule is CCC1CCCCCN1S(=O)(=O)c1cnccc1N. The first-order chi connectivity index (χ1) is 9.07. The van der Waals surface area contributed by atoms with Gasteiger partial charge in [-0.3, -0.25) is 4.98 Å². The molecule has 0 saturated carbocycles. The highest BCUT2D eigenvalue weighted by atomic mass is 32.2. The fourth-order valence-electron chi connectivity index (χ4n) is 2.61. The van der Waals surface area contributed by atoms with E-state index < -0.39 is 10.0 Å². The van der Waals surface area contributed by atoms with E-state index in [4.69, 9.17) is 5.73 Å². The quantitative estimate of drug-likeness (QED) is 0.920. The van der Waals surface area contributed by atoms with E-state index in [2.05, 4.69) is 4.98 Å². The Bertz CT molecular complexity index is 530. The van der Waals surface area contributed by atoms with Crippen LogP contribution >= 0.6 is 0 Å². The normalized spacial score (nSPS) is 22.1. The van der Waals surface area contributed by atoms with Crippen LogP contribution < -0.4 is 5.73 Å². The summed E-state index contributed by atoms with van der Waals surface area (Å²) >= 11 is 0.